The number of carbonyl (C=O) groups is 2. The van der Waals surface area contributed by atoms with Crippen molar-refractivity contribution in [2.24, 2.45) is 0 Å². The lowest BCUT2D eigenvalue weighted by Crippen LogP contribution is -2.29. The van der Waals surface area contributed by atoms with Crippen molar-refractivity contribution in [2.45, 2.75) is 17.7 Å². The number of halogens is 1. The van der Waals surface area contributed by atoms with Crippen molar-refractivity contribution in [1.29, 1.82) is 0 Å². The summed E-state index contributed by atoms with van der Waals surface area (Å²) in [5, 5.41) is 9.47. The number of sulfonamides is 1. The number of ether oxygens (including phenoxy) is 1. The standard InChI is InChI=1S/C19H19ClN2O6S/c1-28-16-7-4-12(19(24)25)10-17(16)29(26,27)21-15-6-5-13(20)11-14(15)18(23)22-8-2-3-9-22/h4-7,10-11,21H,2-3,8-9H2,1H3,(H,24,25). The molecule has 0 bridgehead atoms. The minimum atomic E-state index is -4.26. The third-order valence-electron chi connectivity index (χ3n) is 4.55. The number of carboxylic acids is 1. The van der Waals surface area contributed by atoms with E-state index in [4.69, 9.17) is 16.3 Å². The lowest BCUT2D eigenvalue weighted by atomic mass is 10.1. The molecule has 154 valence electrons. The van der Waals surface area contributed by atoms with Crippen LogP contribution < -0.4 is 9.46 Å². The van der Waals surface area contributed by atoms with Gasteiger partial charge in [-0.2, -0.15) is 0 Å². The molecule has 1 amide bonds. The maximum atomic E-state index is 13.0. The first kappa shape index (κ1) is 20.9. The zero-order valence-corrected chi connectivity index (χ0v) is 17.1. The van der Waals surface area contributed by atoms with Gasteiger partial charge in [0.05, 0.1) is 23.9 Å². The molecule has 0 radical (unpaired) electrons. The molecule has 2 aromatic carbocycles. The molecule has 29 heavy (non-hydrogen) atoms. The van der Waals surface area contributed by atoms with E-state index in [0.717, 1.165) is 18.9 Å². The van der Waals surface area contributed by atoms with Crippen LogP contribution in [0.5, 0.6) is 5.75 Å². The van der Waals surface area contributed by atoms with Gasteiger partial charge in [-0.1, -0.05) is 11.6 Å². The number of nitrogens with zero attached hydrogens (tertiary/aromatic N) is 1. The van der Waals surface area contributed by atoms with Gasteiger partial charge < -0.3 is 14.7 Å². The van der Waals surface area contributed by atoms with Gasteiger partial charge in [0.15, 0.2) is 0 Å². The average molecular weight is 439 g/mol. The molecule has 3 rings (SSSR count). The molecule has 0 saturated carbocycles. The summed E-state index contributed by atoms with van der Waals surface area (Å²) in [6.07, 6.45) is 1.76. The number of hydrogen-bond donors (Lipinski definition) is 2. The number of likely N-dealkylation sites (tertiary alicyclic amines) is 1. The van der Waals surface area contributed by atoms with E-state index in [1.165, 1.54) is 37.4 Å². The molecule has 1 fully saturated rings. The van der Waals surface area contributed by atoms with E-state index >= 15 is 0 Å². The molecular formula is C19H19ClN2O6S. The smallest absolute Gasteiger partial charge is 0.335 e. The third kappa shape index (κ3) is 4.46. The Morgan fingerprint density at radius 1 is 1.14 bits per heavy atom. The molecule has 0 atom stereocenters. The molecule has 1 heterocycles. The van der Waals surface area contributed by atoms with E-state index in [2.05, 4.69) is 4.72 Å². The van der Waals surface area contributed by atoms with Crippen molar-refractivity contribution >= 4 is 39.2 Å². The number of carbonyl (C=O) groups excluding carboxylic acids is 1. The highest BCUT2D eigenvalue weighted by molar-refractivity contribution is 7.92. The summed E-state index contributed by atoms with van der Waals surface area (Å²) in [4.78, 5) is 25.4. The normalized spacial score (nSPS) is 13.9. The number of rotatable bonds is 6. The maximum Gasteiger partial charge on any atom is 0.335 e. The van der Waals surface area contributed by atoms with E-state index in [0.29, 0.717) is 18.1 Å². The number of anilines is 1. The van der Waals surface area contributed by atoms with Gasteiger partial charge in [0.25, 0.3) is 15.9 Å². The van der Waals surface area contributed by atoms with Crippen molar-refractivity contribution in [3.8, 4) is 5.75 Å². The van der Waals surface area contributed by atoms with E-state index in [1.807, 2.05) is 0 Å². The zero-order valence-electron chi connectivity index (χ0n) is 15.5. The Bertz CT molecular complexity index is 1060. The summed E-state index contributed by atoms with van der Waals surface area (Å²) in [7, 11) is -2.98. The van der Waals surface area contributed by atoms with Crippen molar-refractivity contribution in [3.63, 3.8) is 0 Å². The van der Waals surface area contributed by atoms with Gasteiger partial charge in [-0.05, 0) is 49.2 Å². The minimum Gasteiger partial charge on any atom is -0.495 e. The van der Waals surface area contributed by atoms with E-state index < -0.39 is 16.0 Å². The lowest BCUT2D eigenvalue weighted by molar-refractivity contribution is 0.0695. The van der Waals surface area contributed by atoms with Gasteiger partial charge in [-0.15, -0.1) is 0 Å². The number of hydrogen-bond acceptors (Lipinski definition) is 5. The Labute approximate surface area is 173 Å². The summed E-state index contributed by atoms with van der Waals surface area (Å²) < 4.78 is 33.4. The van der Waals surface area contributed by atoms with Crippen LogP contribution in [0.25, 0.3) is 0 Å². The number of nitrogens with one attached hydrogen (secondary N) is 1. The molecule has 1 saturated heterocycles. The van der Waals surface area contributed by atoms with Gasteiger partial charge in [-0.3, -0.25) is 9.52 Å². The van der Waals surface area contributed by atoms with E-state index in [9.17, 15) is 23.1 Å². The monoisotopic (exact) mass is 438 g/mol. The number of aromatic carboxylic acids is 1. The summed E-state index contributed by atoms with van der Waals surface area (Å²) >= 11 is 6.03. The summed E-state index contributed by atoms with van der Waals surface area (Å²) in [5.41, 5.74) is -0.0407. The van der Waals surface area contributed by atoms with Crippen LogP contribution >= 0.6 is 11.6 Å². The van der Waals surface area contributed by atoms with Crippen LogP contribution in [0, 0.1) is 0 Å². The highest BCUT2D eigenvalue weighted by Gasteiger charge is 2.26. The molecule has 0 unspecified atom stereocenters. The first-order valence-corrected chi connectivity index (χ1v) is 10.6. The summed E-state index contributed by atoms with van der Waals surface area (Å²) in [6.45, 7) is 1.18. The average Bonchev–Trinajstić information content (AvgIpc) is 3.23. The fourth-order valence-corrected chi connectivity index (χ4v) is 4.54. The van der Waals surface area contributed by atoms with Crippen LogP contribution in [0.15, 0.2) is 41.3 Å². The maximum absolute atomic E-state index is 13.0. The number of methoxy groups -OCH3 is 1. The summed E-state index contributed by atoms with van der Waals surface area (Å²) in [6, 6.07) is 7.77. The quantitative estimate of drug-likeness (QED) is 0.716. The molecule has 2 aromatic rings. The number of benzene rings is 2. The van der Waals surface area contributed by atoms with Crippen molar-refractivity contribution in [3.05, 3.63) is 52.5 Å². The van der Waals surface area contributed by atoms with Gasteiger partial charge in [-0.25, -0.2) is 13.2 Å². The molecule has 10 heteroatoms. The molecule has 1 aliphatic rings. The second kappa shape index (κ2) is 8.30. The predicted molar refractivity (Wildman–Crippen MR) is 107 cm³/mol. The Hall–Kier alpha value is -2.78. The number of amides is 1. The molecule has 0 spiro atoms. The SMILES string of the molecule is COc1ccc(C(=O)O)cc1S(=O)(=O)Nc1ccc(Cl)cc1C(=O)N1CCCC1. The van der Waals surface area contributed by atoms with Crippen LogP contribution in [-0.4, -0.2) is 50.5 Å². The molecular weight excluding hydrogens is 420 g/mol. The fourth-order valence-electron chi connectivity index (χ4n) is 3.09. The topological polar surface area (TPSA) is 113 Å². The van der Waals surface area contributed by atoms with Gasteiger partial charge in [0.2, 0.25) is 0 Å². The van der Waals surface area contributed by atoms with Gasteiger partial charge >= 0.3 is 5.97 Å². The predicted octanol–water partition coefficient (Wildman–Crippen LogP) is 3.08. The molecule has 0 aromatic heterocycles. The third-order valence-corrected chi connectivity index (χ3v) is 6.17. The second-order valence-corrected chi connectivity index (χ2v) is 8.55. The van der Waals surface area contributed by atoms with Gasteiger partial charge in [0.1, 0.15) is 10.6 Å². The minimum absolute atomic E-state index is 0.0242. The molecule has 1 aliphatic heterocycles. The molecule has 0 aliphatic carbocycles. The Balaban J connectivity index is 2.02. The number of carboxylic acid groups (broad SMARTS) is 1. The van der Waals surface area contributed by atoms with Crippen molar-refractivity contribution < 1.29 is 27.9 Å². The van der Waals surface area contributed by atoms with E-state index in [1.54, 1.807) is 4.90 Å². The highest BCUT2D eigenvalue weighted by Crippen LogP contribution is 2.30. The Kier molecular flexibility index (Phi) is 5.99. The highest BCUT2D eigenvalue weighted by atomic mass is 35.5. The van der Waals surface area contributed by atoms with E-state index in [-0.39, 0.29) is 33.4 Å². The van der Waals surface area contributed by atoms with Crippen molar-refractivity contribution in [1.82, 2.24) is 4.90 Å². The molecule has 2 N–H and O–H groups in total. The van der Waals surface area contributed by atoms with Crippen LogP contribution in [0.2, 0.25) is 5.02 Å². The summed E-state index contributed by atoms with van der Waals surface area (Å²) in [5.74, 6) is -1.63. The first-order chi connectivity index (χ1) is 13.7. The van der Waals surface area contributed by atoms with Gasteiger partial charge in [0, 0.05) is 18.1 Å². The zero-order chi connectivity index (χ0) is 21.2. The second-order valence-electron chi connectivity index (χ2n) is 6.47. The fraction of sp³-hybridized carbons (Fsp3) is 0.263. The van der Waals surface area contributed by atoms with Crippen LogP contribution in [0.3, 0.4) is 0 Å². The molecule has 8 nitrogen and oxygen atoms in total. The van der Waals surface area contributed by atoms with Crippen LogP contribution in [0.4, 0.5) is 5.69 Å². The van der Waals surface area contributed by atoms with Crippen molar-refractivity contribution in [2.75, 3.05) is 24.9 Å². The lowest BCUT2D eigenvalue weighted by Gasteiger charge is -2.19. The Morgan fingerprint density at radius 2 is 1.83 bits per heavy atom. The van der Waals surface area contributed by atoms with Crippen LogP contribution in [-0.2, 0) is 10.0 Å². The van der Waals surface area contributed by atoms with Crippen LogP contribution in [0.1, 0.15) is 33.6 Å². The first-order valence-electron chi connectivity index (χ1n) is 8.76. The largest absolute Gasteiger partial charge is 0.495 e. The Morgan fingerprint density at radius 3 is 2.45 bits per heavy atom.